The summed E-state index contributed by atoms with van der Waals surface area (Å²) >= 11 is 1.27. The lowest BCUT2D eigenvalue weighted by Gasteiger charge is -2.22. The fourth-order valence-corrected chi connectivity index (χ4v) is 3.31. The third kappa shape index (κ3) is 4.23. The van der Waals surface area contributed by atoms with Crippen molar-refractivity contribution in [1.29, 1.82) is 0 Å². The van der Waals surface area contributed by atoms with Gasteiger partial charge in [-0.05, 0) is 36.8 Å². The first-order valence-corrected chi connectivity index (χ1v) is 8.46. The Balaban J connectivity index is 1.72. The second-order valence-corrected chi connectivity index (χ2v) is 6.66. The zero-order chi connectivity index (χ0) is 16.9. The van der Waals surface area contributed by atoms with E-state index in [0.717, 1.165) is 16.9 Å². The summed E-state index contributed by atoms with van der Waals surface area (Å²) in [5.41, 5.74) is 2.53. The fraction of sp³-hybridized carbons (Fsp3) is 0.167. The van der Waals surface area contributed by atoms with Gasteiger partial charge in [0.2, 0.25) is 11.8 Å². The van der Waals surface area contributed by atoms with Crippen molar-refractivity contribution in [3.63, 3.8) is 0 Å². The Morgan fingerprint density at radius 3 is 2.75 bits per heavy atom. The normalized spacial score (nSPS) is 19.0. The molecule has 0 aliphatic carbocycles. The number of hydrogen-bond donors (Lipinski definition) is 2. The Kier molecular flexibility index (Phi) is 4.96. The molecule has 2 aromatic carbocycles. The summed E-state index contributed by atoms with van der Waals surface area (Å²) in [5, 5.41) is 5.53. The van der Waals surface area contributed by atoms with Crippen molar-refractivity contribution in [1.82, 2.24) is 5.32 Å². The predicted octanol–water partition coefficient (Wildman–Crippen LogP) is 3.24. The molecule has 1 atom stereocenters. The third-order valence-corrected chi connectivity index (χ3v) is 4.52. The summed E-state index contributed by atoms with van der Waals surface area (Å²) in [6.45, 7) is 1.96. The lowest BCUT2D eigenvalue weighted by atomic mass is 10.2. The Labute approximate surface area is 144 Å². The molecule has 1 aliphatic rings. The molecule has 1 heterocycles. The van der Waals surface area contributed by atoms with Crippen molar-refractivity contribution in [2.45, 2.75) is 18.6 Å². The Hall–Kier alpha value is -2.60. The average molecular weight is 339 g/mol. The van der Waals surface area contributed by atoms with Crippen LogP contribution in [0.1, 0.15) is 12.0 Å². The molecule has 1 saturated heterocycles. The molecule has 6 heteroatoms. The fourth-order valence-electron chi connectivity index (χ4n) is 2.31. The van der Waals surface area contributed by atoms with Crippen molar-refractivity contribution < 1.29 is 9.59 Å². The highest BCUT2D eigenvalue weighted by Crippen LogP contribution is 2.24. The Morgan fingerprint density at radius 2 is 2.00 bits per heavy atom. The lowest BCUT2D eigenvalue weighted by Crippen LogP contribution is -2.41. The first-order valence-electron chi connectivity index (χ1n) is 7.58. The minimum Gasteiger partial charge on any atom is -0.325 e. The Morgan fingerprint density at radius 1 is 1.21 bits per heavy atom. The third-order valence-electron chi connectivity index (χ3n) is 3.44. The predicted molar refractivity (Wildman–Crippen MR) is 97.5 cm³/mol. The van der Waals surface area contributed by atoms with Crippen LogP contribution in [0.25, 0.3) is 0 Å². The van der Waals surface area contributed by atoms with Crippen molar-refractivity contribution in [3.8, 4) is 0 Å². The topological polar surface area (TPSA) is 70.6 Å². The summed E-state index contributed by atoms with van der Waals surface area (Å²) in [6, 6.07) is 16.9. The zero-order valence-corrected chi connectivity index (χ0v) is 14.0. The number of rotatable bonds is 3. The maximum Gasteiger partial charge on any atom is 0.238 e. The SMILES string of the molecule is Cc1cccc(NC(=O)C2CC(=O)NC(=Nc3ccccc3)S2)c1. The summed E-state index contributed by atoms with van der Waals surface area (Å²) < 4.78 is 0. The van der Waals surface area contributed by atoms with E-state index in [0.29, 0.717) is 5.17 Å². The first-order chi connectivity index (χ1) is 11.6. The van der Waals surface area contributed by atoms with Crippen LogP contribution in [0.5, 0.6) is 0 Å². The van der Waals surface area contributed by atoms with E-state index in [2.05, 4.69) is 15.6 Å². The standard InChI is InChI=1S/C18H17N3O2S/c1-12-6-5-9-14(10-12)19-17(23)15-11-16(22)21-18(24-15)20-13-7-3-2-4-8-13/h2-10,15H,11H2,1H3,(H,19,23)(H,20,21,22). The second kappa shape index (κ2) is 7.31. The van der Waals surface area contributed by atoms with E-state index >= 15 is 0 Å². The minimum atomic E-state index is -0.498. The average Bonchev–Trinajstić information content (AvgIpc) is 2.55. The molecule has 0 saturated carbocycles. The van der Waals surface area contributed by atoms with Crippen LogP contribution in [-0.4, -0.2) is 22.2 Å². The van der Waals surface area contributed by atoms with Gasteiger partial charge in [0.15, 0.2) is 5.17 Å². The summed E-state index contributed by atoms with van der Waals surface area (Å²) in [7, 11) is 0. The number of aryl methyl sites for hydroxylation is 1. The number of amidine groups is 1. The molecule has 3 rings (SSSR count). The molecule has 2 aromatic rings. The van der Waals surface area contributed by atoms with Crippen LogP contribution >= 0.6 is 11.8 Å². The van der Waals surface area contributed by atoms with E-state index in [-0.39, 0.29) is 18.2 Å². The number of carbonyl (C=O) groups is 2. The van der Waals surface area contributed by atoms with Gasteiger partial charge < -0.3 is 10.6 Å². The highest BCUT2D eigenvalue weighted by Gasteiger charge is 2.30. The number of anilines is 1. The van der Waals surface area contributed by atoms with E-state index in [9.17, 15) is 9.59 Å². The molecule has 24 heavy (non-hydrogen) atoms. The van der Waals surface area contributed by atoms with Crippen LogP contribution in [0.2, 0.25) is 0 Å². The second-order valence-electron chi connectivity index (χ2n) is 5.47. The number of hydrogen-bond acceptors (Lipinski definition) is 4. The van der Waals surface area contributed by atoms with E-state index in [1.54, 1.807) is 0 Å². The van der Waals surface area contributed by atoms with Crippen LogP contribution in [0.4, 0.5) is 11.4 Å². The molecular weight excluding hydrogens is 322 g/mol. The van der Waals surface area contributed by atoms with Gasteiger partial charge in [-0.25, -0.2) is 4.99 Å². The van der Waals surface area contributed by atoms with Crippen LogP contribution < -0.4 is 10.6 Å². The number of carbonyl (C=O) groups excluding carboxylic acids is 2. The van der Waals surface area contributed by atoms with Gasteiger partial charge in [-0.2, -0.15) is 0 Å². The molecule has 0 aromatic heterocycles. The summed E-state index contributed by atoms with van der Waals surface area (Å²) in [5.74, 6) is -0.394. The van der Waals surface area contributed by atoms with Crippen LogP contribution in [0, 0.1) is 6.92 Å². The van der Waals surface area contributed by atoms with Crippen molar-refractivity contribution in [2.24, 2.45) is 4.99 Å². The monoisotopic (exact) mass is 339 g/mol. The smallest absolute Gasteiger partial charge is 0.238 e. The number of para-hydroxylation sites is 1. The van der Waals surface area contributed by atoms with Gasteiger partial charge in [0.25, 0.3) is 0 Å². The van der Waals surface area contributed by atoms with Crippen LogP contribution in [0.15, 0.2) is 59.6 Å². The molecular formula is C18H17N3O2S. The lowest BCUT2D eigenvalue weighted by molar-refractivity contribution is -0.123. The van der Waals surface area contributed by atoms with Crippen LogP contribution in [-0.2, 0) is 9.59 Å². The molecule has 0 bridgehead atoms. The number of amides is 2. The molecule has 2 N–H and O–H groups in total. The summed E-state index contributed by atoms with van der Waals surface area (Å²) in [6.07, 6.45) is 0.135. The zero-order valence-electron chi connectivity index (χ0n) is 13.2. The van der Waals surface area contributed by atoms with E-state index < -0.39 is 5.25 Å². The highest BCUT2D eigenvalue weighted by atomic mass is 32.2. The van der Waals surface area contributed by atoms with Gasteiger partial charge in [0.05, 0.1) is 5.69 Å². The van der Waals surface area contributed by atoms with Gasteiger partial charge in [0, 0.05) is 12.1 Å². The largest absolute Gasteiger partial charge is 0.325 e. The van der Waals surface area contributed by atoms with E-state index in [1.165, 1.54) is 11.8 Å². The summed E-state index contributed by atoms with van der Waals surface area (Å²) in [4.78, 5) is 28.7. The molecule has 1 aliphatic heterocycles. The van der Waals surface area contributed by atoms with Gasteiger partial charge in [0.1, 0.15) is 5.25 Å². The molecule has 122 valence electrons. The van der Waals surface area contributed by atoms with Crippen molar-refractivity contribution >= 4 is 40.1 Å². The Bertz CT molecular complexity index is 790. The number of aliphatic imine (C=N–C) groups is 1. The molecule has 5 nitrogen and oxygen atoms in total. The number of nitrogens with zero attached hydrogens (tertiary/aromatic N) is 1. The van der Waals surface area contributed by atoms with Gasteiger partial charge in [-0.15, -0.1) is 0 Å². The van der Waals surface area contributed by atoms with E-state index in [4.69, 9.17) is 0 Å². The molecule has 0 spiro atoms. The minimum absolute atomic E-state index is 0.135. The van der Waals surface area contributed by atoms with Crippen molar-refractivity contribution in [2.75, 3.05) is 5.32 Å². The number of thioether (sulfide) groups is 1. The number of benzene rings is 2. The van der Waals surface area contributed by atoms with Gasteiger partial charge in [-0.3, -0.25) is 9.59 Å². The molecule has 2 amide bonds. The maximum atomic E-state index is 12.5. The highest BCUT2D eigenvalue weighted by molar-refractivity contribution is 8.15. The molecule has 1 unspecified atom stereocenters. The van der Waals surface area contributed by atoms with Crippen molar-refractivity contribution in [3.05, 3.63) is 60.2 Å². The van der Waals surface area contributed by atoms with Gasteiger partial charge in [-0.1, -0.05) is 42.1 Å². The van der Waals surface area contributed by atoms with Crippen LogP contribution in [0.3, 0.4) is 0 Å². The van der Waals surface area contributed by atoms with Gasteiger partial charge >= 0.3 is 0 Å². The first kappa shape index (κ1) is 16.3. The quantitative estimate of drug-likeness (QED) is 0.902. The number of nitrogens with one attached hydrogen (secondary N) is 2. The maximum absolute atomic E-state index is 12.5. The molecule has 1 fully saturated rings. The van der Waals surface area contributed by atoms with E-state index in [1.807, 2.05) is 61.5 Å². The molecule has 0 radical (unpaired) electrons.